The standard InChI is InChI=1S/C30H40ClNO5/c1-17(2)22-15-23-28(30(37)32(29(23)36)20-7-5-4-6-8-20)24(16-33)27(22)26(35)12-9-18(3)13-19-10-11-21(34)14-25(19)31/h10-11,13-14,17,20,23-24,26,28,33-35H,4-9,12,15-16H2,1-3H3/b18-13+/t23-,24+,26-,28-/m1/s1. The Balaban J connectivity index is 1.56. The van der Waals surface area contributed by atoms with E-state index >= 15 is 0 Å². The SMILES string of the molecule is C/C(=C\c1ccc(O)cc1Cl)CC[C@@H](O)C1=C(C(C)C)C[C@H]2C(=O)N(C3CCCCC3)C(=O)[C@H]2[C@H]1CO. The summed E-state index contributed by atoms with van der Waals surface area (Å²) in [6.07, 6.45) is 7.54. The van der Waals surface area contributed by atoms with E-state index in [9.17, 15) is 24.9 Å². The fourth-order valence-electron chi connectivity index (χ4n) is 6.66. The van der Waals surface area contributed by atoms with E-state index in [2.05, 4.69) is 13.8 Å². The van der Waals surface area contributed by atoms with Crippen LogP contribution in [0.1, 0.15) is 77.7 Å². The van der Waals surface area contributed by atoms with E-state index in [0.29, 0.717) is 24.3 Å². The number of aliphatic hydroxyl groups excluding tert-OH is 2. The molecule has 1 aromatic carbocycles. The monoisotopic (exact) mass is 529 g/mol. The van der Waals surface area contributed by atoms with Crippen LogP contribution in [0.3, 0.4) is 0 Å². The number of phenols is 1. The van der Waals surface area contributed by atoms with E-state index < -0.39 is 23.9 Å². The summed E-state index contributed by atoms with van der Waals surface area (Å²) in [5, 5.41) is 32.0. The van der Waals surface area contributed by atoms with Crippen LogP contribution in [0.5, 0.6) is 5.75 Å². The second-order valence-electron chi connectivity index (χ2n) is 11.4. The van der Waals surface area contributed by atoms with E-state index in [0.717, 1.165) is 54.4 Å². The quantitative estimate of drug-likeness (QED) is 0.305. The Morgan fingerprint density at radius 1 is 1.16 bits per heavy atom. The Bertz CT molecular complexity index is 1090. The lowest BCUT2D eigenvalue weighted by molar-refractivity contribution is -0.143. The molecular weight excluding hydrogens is 490 g/mol. The molecule has 1 aromatic rings. The Morgan fingerprint density at radius 3 is 2.49 bits per heavy atom. The fraction of sp³-hybridized carbons (Fsp3) is 0.600. The molecule has 1 saturated carbocycles. The Morgan fingerprint density at radius 2 is 1.86 bits per heavy atom. The summed E-state index contributed by atoms with van der Waals surface area (Å²) in [7, 11) is 0. The van der Waals surface area contributed by atoms with E-state index in [-0.39, 0.29) is 36.1 Å². The number of phenolic OH excluding ortho intramolecular Hbond substituents is 1. The van der Waals surface area contributed by atoms with Crippen molar-refractivity contribution in [2.75, 3.05) is 6.61 Å². The van der Waals surface area contributed by atoms with Gasteiger partial charge < -0.3 is 15.3 Å². The zero-order valence-corrected chi connectivity index (χ0v) is 22.9. The van der Waals surface area contributed by atoms with Gasteiger partial charge in [0.2, 0.25) is 11.8 Å². The van der Waals surface area contributed by atoms with Crippen molar-refractivity contribution in [2.45, 2.75) is 84.3 Å². The molecule has 1 heterocycles. The zero-order valence-electron chi connectivity index (χ0n) is 22.1. The van der Waals surface area contributed by atoms with Crippen LogP contribution in [0.2, 0.25) is 5.02 Å². The average Bonchev–Trinajstić information content (AvgIpc) is 3.13. The van der Waals surface area contributed by atoms with Crippen LogP contribution in [0.25, 0.3) is 6.08 Å². The largest absolute Gasteiger partial charge is 0.508 e. The number of likely N-dealkylation sites (tertiary alicyclic amines) is 1. The van der Waals surface area contributed by atoms with Gasteiger partial charge in [0, 0.05) is 12.0 Å². The molecule has 4 rings (SSSR count). The molecule has 1 aliphatic heterocycles. The summed E-state index contributed by atoms with van der Waals surface area (Å²) < 4.78 is 0. The van der Waals surface area contributed by atoms with Crippen molar-refractivity contribution in [3.05, 3.63) is 45.5 Å². The number of nitrogens with zero attached hydrogens (tertiary/aromatic N) is 1. The van der Waals surface area contributed by atoms with Gasteiger partial charge in [0.1, 0.15) is 5.75 Å². The number of carbonyl (C=O) groups is 2. The molecule has 2 fully saturated rings. The summed E-state index contributed by atoms with van der Waals surface area (Å²) in [5.41, 5.74) is 3.56. The lowest BCUT2D eigenvalue weighted by Crippen LogP contribution is -2.42. The molecule has 2 aliphatic carbocycles. The number of allylic oxidation sites excluding steroid dienone is 2. The first-order chi connectivity index (χ1) is 17.6. The van der Waals surface area contributed by atoms with Crippen LogP contribution in [-0.4, -0.2) is 50.8 Å². The number of amides is 2. The molecule has 6 nitrogen and oxygen atoms in total. The van der Waals surface area contributed by atoms with Crippen LogP contribution in [0.4, 0.5) is 0 Å². The molecular formula is C30H40ClNO5. The smallest absolute Gasteiger partial charge is 0.234 e. The summed E-state index contributed by atoms with van der Waals surface area (Å²) in [6.45, 7) is 5.80. The van der Waals surface area contributed by atoms with Crippen molar-refractivity contribution >= 4 is 29.5 Å². The summed E-state index contributed by atoms with van der Waals surface area (Å²) in [5.74, 6) is -1.64. The van der Waals surface area contributed by atoms with Crippen molar-refractivity contribution in [2.24, 2.45) is 23.7 Å². The number of halogens is 1. The Labute approximate surface area is 225 Å². The highest BCUT2D eigenvalue weighted by molar-refractivity contribution is 6.32. The molecule has 3 N–H and O–H groups in total. The predicted octanol–water partition coefficient (Wildman–Crippen LogP) is 5.49. The first kappa shape index (κ1) is 27.9. The molecule has 1 saturated heterocycles. The number of imide groups is 1. The minimum absolute atomic E-state index is 0.0333. The van der Waals surface area contributed by atoms with Crippen molar-refractivity contribution in [3.63, 3.8) is 0 Å². The molecule has 0 bridgehead atoms. The molecule has 0 unspecified atom stereocenters. The molecule has 0 spiro atoms. The zero-order chi connectivity index (χ0) is 26.9. The summed E-state index contributed by atoms with van der Waals surface area (Å²) in [4.78, 5) is 28.7. The van der Waals surface area contributed by atoms with Gasteiger partial charge >= 0.3 is 0 Å². The third-order valence-electron chi connectivity index (χ3n) is 8.54. The van der Waals surface area contributed by atoms with Crippen molar-refractivity contribution in [1.29, 1.82) is 0 Å². The van der Waals surface area contributed by atoms with Crippen LogP contribution >= 0.6 is 11.6 Å². The van der Waals surface area contributed by atoms with Gasteiger partial charge in [-0.1, -0.05) is 61.9 Å². The van der Waals surface area contributed by atoms with Gasteiger partial charge in [-0.3, -0.25) is 14.5 Å². The fourth-order valence-corrected chi connectivity index (χ4v) is 6.89. The van der Waals surface area contributed by atoms with Gasteiger partial charge in [0.05, 0.1) is 29.6 Å². The van der Waals surface area contributed by atoms with E-state index in [1.807, 2.05) is 13.0 Å². The van der Waals surface area contributed by atoms with Crippen molar-refractivity contribution in [3.8, 4) is 5.75 Å². The number of hydrogen-bond acceptors (Lipinski definition) is 5. The molecule has 7 heteroatoms. The maximum atomic E-state index is 13.6. The third kappa shape index (κ3) is 5.67. The van der Waals surface area contributed by atoms with Crippen molar-refractivity contribution in [1.82, 2.24) is 4.90 Å². The second kappa shape index (κ2) is 11.7. The molecule has 4 atom stereocenters. The van der Waals surface area contributed by atoms with E-state index in [4.69, 9.17) is 11.6 Å². The number of aromatic hydroxyl groups is 1. The minimum atomic E-state index is -0.819. The van der Waals surface area contributed by atoms with Gasteiger partial charge in [-0.2, -0.15) is 0 Å². The highest BCUT2D eigenvalue weighted by atomic mass is 35.5. The Kier molecular flexibility index (Phi) is 8.82. The number of rotatable bonds is 8. The first-order valence-electron chi connectivity index (χ1n) is 13.7. The number of fused-ring (bicyclic) bond motifs is 1. The minimum Gasteiger partial charge on any atom is -0.508 e. The van der Waals surface area contributed by atoms with Gasteiger partial charge in [-0.25, -0.2) is 0 Å². The molecule has 202 valence electrons. The van der Waals surface area contributed by atoms with E-state index in [1.54, 1.807) is 12.1 Å². The van der Waals surface area contributed by atoms with Crippen LogP contribution in [0.15, 0.2) is 34.9 Å². The highest BCUT2D eigenvalue weighted by Gasteiger charge is 2.56. The van der Waals surface area contributed by atoms with Gasteiger partial charge in [-0.05, 0) is 74.3 Å². The van der Waals surface area contributed by atoms with Gasteiger partial charge in [-0.15, -0.1) is 0 Å². The maximum Gasteiger partial charge on any atom is 0.234 e. The second-order valence-corrected chi connectivity index (χ2v) is 11.8. The average molecular weight is 530 g/mol. The Hall–Kier alpha value is -2.15. The molecule has 37 heavy (non-hydrogen) atoms. The molecule has 0 aromatic heterocycles. The van der Waals surface area contributed by atoms with E-state index in [1.165, 1.54) is 11.0 Å². The van der Waals surface area contributed by atoms with Crippen molar-refractivity contribution < 1.29 is 24.9 Å². The molecule has 0 radical (unpaired) electrons. The van der Waals surface area contributed by atoms with Crippen LogP contribution in [-0.2, 0) is 9.59 Å². The van der Waals surface area contributed by atoms with Crippen LogP contribution in [0, 0.1) is 23.7 Å². The number of hydrogen-bond donors (Lipinski definition) is 3. The topological polar surface area (TPSA) is 98.1 Å². The molecule has 3 aliphatic rings. The van der Waals surface area contributed by atoms with Crippen LogP contribution < -0.4 is 0 Å². The first-order valence-corrected chi connectivity index (χ1v) is 14.1. The third-order valence-corrected chi connectivity index (χ3v) is 8.87. The number of carbonyl (C=O) groups excluding carboxylic acids is 2. The summed E-state index contributed by atoms with van der Waals surface area (Å²) in [6, 6.07) is 4.80. The predicted molar refractivity (Wildman–Crippen MR) is 145 cm³/mol. The van der Waals surface area contributed by atoms with Gasteiger partial charge in [0.25, 0.3) is 0 Å². The lowest BCUT2D eigenvalue weighted by atomic mass is 9.66. The normalized spacial score (nSPS) is 26.3. The molecule has 2 amide bonds. The number of aliphatic hydroxyl groups is 2. The number of benzene rings is 1. The summed E-state index contributed by atoms with van der Waals surface area (Å²) >= 11 is 6.24. The van der Waals surface area contributed by atoms with Gasteiger partial charge in [0.15, 0.2) is 0 Å². The maximum absolute atomic E-state index is 13.6. The lowest BCUT2D eigenvalue weighted by Gasteiger charge is -2.38. The highest BCUT2D eigenvalue weighted by Crippen LogP contribution is 2.49.